The number of aliphatic hydroxyl groups is 1. The molecule has 0 radical (unpaired) electrons. The van der Waals surface area contributed by atoms with E-state index in [0.717, 1.165) is 24.2 Å². The summed E-state index contributed by atoms with van der Waals surface area (Å²) in [6.07, 6.45) is 1.39. The standard InChI is InChI=1S/C15H22O2/c1-5-7-12-13(16)10-8-6-9-11(14(10)17-12)15(2,3)4/h6,8-9,12-13,16H,5,7H2,1-4H3. The van der Waals surface area contributed by atoms with Gasteiger partial charge in [0.15, 0.2) is 0 Å². The van der Waals surface area contributed by atoms with Crippen molar-refractivity contribution in [3.05, 3.63) is 29.3 Å². The van der Waals surface area contributed by atoms with Gasteiger partial charge in [0.1, 0.15) is 18.0 Å². The van der Waals surface area contributed by atoms with Crippen LogP contribution in [0.4, 0.5) is 0 Å². The summed E-state index contributed by atoms with van der Waals surface area (Å²) >= 11 is 0. The molecule has 1 aromatic carbocycles. The summed E-state index contributed by atoms with van der Waals surface area (Å²) in [6, 6.07) is 6.09. The predicted octanol–water partition coefficient (Wildman–Crippen LogP) is 3.58. The van der Waals surface area contributed by atoms with Crippen LogP contribution in [0.3, 0.4) is 0 Å². The number of benzene rings is 1. The van der Waals surface area contributed by atoms with Crippen LogP contribution in [0.1, 0.15) is 57.8 Å². The SMILES string of the molecule is CCCC1Oc2c(cccc2C(C)(C)C)C1O. The third-order valence-electron chi connectivity index (χ3n) is 3.37. The lowest BCUT2D eigenvalue weighted by Gasteiger charge is -2.22. The number of hydrogen-bond donors (Lipinski definition) is 1. The molecule has 1 N–H and O–H groups in total. The van der Waals surface area contributed by atoms with Gasteiger partial charge in [-0.15, -0.1) is 0 Å². The Morgan fingerprint density at radius 3 is 2.59 bits per heavy atom. The van der Waals surface area contributed by atoms with E-state index in [1.54, 1.807) is 0 Å². The lowest BCUT2D eigenvalue weighted by Crippen LogP contribution is -2.18. The first-order valence-corrected chi connectivity index (χ1v) is 6.43. The minimum Gasteiger partial charge on any atom is -0.487 e. The Morgan fingerprint density at radius 1 is 1.29 bits per heavy atom. The van der Waals surface area contributed by atoms with E-state index in [-0.39, 0.29) is 11.5 Å². The number of rotatable bonds is 2. The molecular weight excluding hydrogens is 212 g/mol. The Morgan fingerprint density at radius 2 is 2.00 bits per heavy atom. The fraction of sp³-hybridized carbons (Fsp3) is 0.600. The van der Waals surface area contributed by atoms with Crippen LogP contribution in [0.2, 0.25) is 0 Å². The van der Waals surface area contributed by atoms with Crippen LogP contribution in [0, 0.1) is 0 Å². The summed E-state index contributed by atoms with van der Waals surface area (Å²) in [4.78, 5) is 0. The minimum absolute atomic E-state index is 0.0478. The van der Waals surface area contributed by atoms with Crippen LogP contribution in [-0.4, -0.2) is 11.2 Å². The van der Waals surface area contributed by atoms with Crippen LogP contribution >= 0.6 is 0 Å². The van der Waals surface area contributed by atoms with Crippen molar-refractivity contribution >= 4 is 0 Å². The zero-order valence-electron chi connectivity index (χ0n) is 11.2. The van der Waals surface area contributed by atoms with Gasteiger partial charge in [0.2, 0.25) is 0 Å². The molecule has 2 heteroatoms. The second-order valence-electron chi connectivity index (χ2n) is 5.86. The highest BCUT2D eigenvalue weighted by molar-refractivity contribution is 5.49. The summed E-state index contributed by atoms with van der Waals surface area (Å²) in [6.45, 7) is 8.63. The van der Waals surface area contributed by atoms with E-state index < -0.39 is 6.10 Å². The molecule has 0 aromatic heterocycles. The van der Waals surface area contributed by atoms with Crippen molar-refractivity contribution in [3.63, 3.8) is 0 Å². The van der Waals surface area contributed by atoms with E-state index in [4.69, 9.17) is 4.74 Å². The molecule has 2 nitrogen and oxygen atoms in total. The van der Waals surface area contributed by atoms with Gasteiger partial charge < -0.3 is 9.84 Å². The average Bonchev–Trinajstić information content (AvgIpc) is 2.55. The molecule has 0 saturated heterocycles. The van der Waals surface area contributed by atoms with Crippen molar-refractivity contribution in [2.45, 2.75) is 58.2 Å². The van der Waals surface area contributed by atoms with Crippen molar-refractivity contribution in [1.82, 2.24) is 0 Å². The van der Waals surface area contributed by atoms with Crippen LogP contribution in [0.5, 0.6) is 5.75 Å². The molecule has 1 aliphatic rings. The van der Waals surface area contributed by atoms with Gasteiger partial charge in [-0.05, 0) is 17.4 Å². The summed E-state index contributed by atoms with van der Waals surface area (Å²) in [7, 11) is 0. The number of hydrogen-bond acceptors (Lipinski definition) is 2. The van der Waals surface area contributed by atoms with Crippen molar-refractivity contribution in [3.8, 4) is 5.75 Å². The first-order valence-electron chi connectivity index (χ1n) is 6.43. The van der Waals surface area contributed by atoms with Crippen LogP contribution in [-0.2, 0) is 5.41 Å². The van der Waals surface area contributed by atoms with Crippen molar-refractivity contribution in [2.24, 2.45) is 0 Å². The lowest BCUT2D eigenvalue weighted by atomic mass is 9.85. The van der Waals surface area contributed by atoms with E-state index in [1.807, 2.05) is 12.1 Å². The van der Waals surface area contributed by atoms with Gasteiger partial charge in [-0.1, -0.05) is 52.3 Å². The van der Waals surface area contributed by atoms with E-state index in [0.29, 0.717) is 0 Å². The first-order chi connectivity index (χ1) is 7.95. The third kappa shape index (κ3) is 2.19. The highest BCUT2D eigenvalue weighted by Gasteiger charge is 2.35. The molecule has 2 atom stereocenters. The Labute approximate surface area is 104 Å². The molecule has 0 amide bonds. The highest BCUT2D eigenvalue weighted by atomic mass is 16.5. The number of fused-ring (bicyclic) bond motifs is 1. The average molecular weight is 234 g/mol. The molecule has 2 rings (SSSR count). The molecule has 94 valence electrons. The van der Waals surface area contributed by atoms with E-state index in [2.05, 4.69) is 33.8 Å². The first kappa shape index (κ1) is 12.4. The van der Waals surface area contributed by atoms with E-state index in [9.17, 15) is 5.11 Å². The summed E-state index contributed by atoms with van der Waals surface area (Å²) in [5.41, 5.74) is 2.19. The van der Waals surface area contributed by atoms with E-state index in [1.165, 1.54) is 5.56 Å². The Hall–Kier alpha value is -1.02. The smallest absolute Gasteiger partial charge is 0.129 e. The maximum Gasteiger partial charge on any atom is 0.129 e. The number of ether oxygens (including phenoxy) is 1. The van der Waals surface area contributed by atoms with Crippen LogP contribution < -0.4 is 4.74 Å². The fourth-order valence-electron chi connectivity index (χ4n) is 2.43. The van der Waals surface area contributed by atoms with Crippen LogP contribution in [0.15, 0.2) is 18.2 Å². The van der Waals surface area contributed by atoms with Gasteiger partial charge in [0.25, 0.3) is 0 Å². The molecule has 0 fully saturated rings. The third-order valence-corrected chi connectivity index (χ3v) is 3.37. The number of aliphatic hydroxyl groups excluding tert-OH is 1. The van der Waals surface area contributed by atoms with Gasteiger partial charge in [-0.3, -0.25) is 0 Å². The van der Waals surface area contributed by atoms with Crippen molar-refractivity contribution in [2.75, 3.05) is 0 Å². The molecule has 1 aromatic rings. The quantitative estimate of drug-likeness (QED) is 0.847. The molecule has 2 unspecified atom stereocenters. The molecule has 0 bridgehead atoms. The predicted molar refractivity (Wildman–Crippen MR) is 69.4 cm³/mol. The highest BCUT2D eigenvalue weighted by Crippen LogP contribution is 2.44. The Kier molecular flexibility index (Phi) is 3.17. The van der Waals surface area contributed by atoms with E-state index >= 15 is 0 Å². The molecular formula is C15H22O2. The fourth-order valence-corrected chi connectivity index (χ4v) is 2.43. The molecule has 0 spiro atoms. The van der Waals surface area contributed by atoms with Crippen molar-refractivity contribution in [1.29, 1.82) is 0 Å². The van der Waals surface area contributed by atoms with Gasteiger partial charge in [-0.25, -0.2) is 0 Å². The molecule has 1 aliphatic heterocycles. The van der Waals surface area contributed by atoms with Crippen molar-refractivity contribution < 1.29 is 9.84 Å². The maximum atomic E-state index is 10.2. The normalized spacial score (nSPS) is 23.4. The Balaban J connectivity index is 2.40. The molecule has 17 heavy (non-hydrogen) atoms. The molecule has 0 saturated carbocycles. The molecule has 1 heterocycles. The topological polar surface area (TPSA) is 29.5 Å². The number of para-hydroxylation sites is 1. The van der Waals surface area contributed by atoms with Crippen LogP contribution in [0.25, 0.3) is 0 Å². The Bertz CT molecular complexity index is 404. The zero-order chi connectivity index (χ0) is 12.6. The van der Waals surface area contributed by atoms with Gasteiger partial charge in [0.05, 0.1) is 0 Å². The molecule has 0 aliphatic carbocycles. The van der Waals surface area contributed by atoms with Gasteiger partial charge >= 0.3 is 0 Å². The zero-order valence-corrected chi connectivity index (χ0v) is 11.2. The van der Waals surface area contributed by atoms with Gasteiger partial charge in [0, 0.05) is 5.56 Å². The summed E-state index contributed by atoms with van der Waals surface area (Å²) in [5, 5.41) is 10.2. The second-order valence-corrected chi connectivity index (χ2v) is 5.86. The largest absolute Gasteiger partial charge is 0.487 e. The second kappa shape index (κ2) is 4.34. The maximum absolute atomic E-state index is 10.2. The van der Waals surface area contributed by atoms with Gasteiger partial charge in [-0.2, -0.15) is 0 Å². The lowest BCUT2D eigenvalue weighted by molar-refractivity contribution is 0.0610. The summed E-state index contributed by atoms with van der Waals surface area (Å²) < 4.78 is 5.97. The minimum atomic E-state index is -0.466. The summed E-state index contributed by atoms with van der Waals surface area (Å²) in [5.74, 6) is 0.908. The monoisotopic (exact) mass is 234 g/mol.